The topological polar surface area (TPSA) is 38.0 Å². The van der Waals surface area contributed by atoms with Gasteiger partial charge in [0.05, 0.1) is 0 Å². The first-order valence-corrected chi connectivity index (χ1v) is 5.38. The Balaban J connectivity index is 1.71. The molecule has 0 amide bonds. The number of hydrogen-bond acceptors (Lipinski definition) is 2. The van der Waals surface area contributed by atoms with Crippen molar-refractivity contribution in [3.8, 4) is 0 Å². The smallest absolute Gasteiger partial charge is 0.0237 e. The van der Waals surface area contributed by atoms with Gasteiger partial charge in [0.2, 0.25) is 0 Å². The van der Waals surface area contributed by atoms with E-state index < -0.39 is 0 Å². The van der Waals surface area contributed by atoms with Crippen LogP contribution in [-0.4, -0.2) is 18.1 Å². The number of nitrogens with two attached hydrogens (primary N) is 1. The van der Waals surface area contributed by atoms with Gasteiger partial charge in [-0.15, -0.1) is 0 Å². The fourth-order valence-electron chi connectivity index (χ4n) is 2.16. The fraction of sp³-hybridized carbons (Fsp3) is 1.00. The Labute approximate surface area is 74.9 Å². The predicted molar refractivity (Wildman–Crippen MR) is 51.0 cm³/mol. The molecule has 2 heteroatoms. The summed E-state index contributed by atoms with van der Waals surface area (Å²) in [5.41, 5.74) is 5.76. The molecule has 12 heavy (non-hydrogen) atoms. The normalized spacial score (nSPS) is 37.8. The van der Waals surface area contributed by atoms with Gasteiger partial charge >= 0.3 is 0 Å². The molecule has 0 saturated heterocycles. The Morgan fingerprint density at radius 1 is 1.00 bits per heavy atom. The van der Waals surface area contributed by atoms with Gasteiger partial charge < -0.3 is 11.1 Å². The second-order valence-electron chi connectivity index (χ2n) is 4.36. The molecule has 2 rings (SSSR count). The molecule has 2 fully saturated rings. The number of rotatable bonds is 2. The van der Waals surface area contributed by atoms with Crippen LogP contribution in [0.4, 0.5) is 0 Å². The summed E-state index contributed by atoms with van der Waals surface area (Å²) < 4.78 is 0. The van der Waals surface area contributed by atoms with Crippen LogP contribution < -0.4 is 11.1 Å². The molecule has 3 N–H and O–H groups in total. The molecule has 0 aliphatic heterocycles. The summed E-state index contributed by atoms with van der Waals surface area (Å²) in [5.74, 6) is 0. The van der Waals surface area contributed by atoms with Crippen LogP contribution in [0.3, 0.4) is 0 Å². The van der Waals surface area contributed by atoms with E-state index in [1.807, 2.05) is 0 Å². The van der Waals surface area contributed by atoms with E-state index in [0.29, 0.717) is 12.1 Å². The van der Waals surface area contributed by atoms with Crippen molar-refractivity contribution < 1.29 is 0 Å². The maximum atomic E-state index is 5.76. The summed E-state index contributed by atoms with van der Waals surface area (Å²) in [6.45, 7) is 0. The van der Waals surface area contributed by atoms with E-state index in [4.69, 9.17) is 5.73 Å². The summed E-state index contributed by atoms with van der Waals surface area (Å²) in [6, 6.07) is 1.91. The summed E-state index contributed by atoms with van der Waals surface area (Å²) in [4.78, 5) is 0. The first kappa shape index (κ1) is 8.52. The van der Waals surface area contributed by atoms with Crippen molar-refractivity contribution in [2.75, 3.05) is 0 Å². The van der Waals surface area contributed by atoms with Crippen LogP contribution in [-0.2, 0) is 0 Å². The van der Waals surface area contributed by atoms with E-state index in [0.717, 1.165) is 6.04 Å². The van der Waals surface area contributed by atoms with Gasteiger partial charge in [-0.05, 0) is 19.3 Å². The Morgan fingerprint density at radius 3 is 2.08 bits per heavy atom. The SMILES string of the molecule is NC1CC1NC1CCCCCC1. The van der Waals surface area contributed by atoms with Crippen molar-refractivity contribution in [1.29, 1.82) is 0 Å². The molecule has 0 bridgehead atoms. The van der Waals surface area contributed by atoms with Gasteiger partial charge in [-0.1, -0.05) is 25.7 Å². The standard InChI is InChI=1S/C10H20N2/c11-9-7-10(9)12-8-5-3-1-2-4-6-8/h8-10,12H,1-7,11H2. The minimum atomic E-state index is 0.466. The molecule has 0 radical (unpaired) electrons. The van der Waals surface area contributed by atoms with Gasteiger partial charge in [-0.2, -0.15) is 0 Å². The average molecular weight is 168 g/mol. The fourth-order valence-corrected chi connectivity index (χ4v) is 2.16. The minimum absolute atomic E-state index is 0.466. The van der Waals surface area contributed by atoms with Gasteiger partial charge in [0.15, 0.2) is 0 Å². The molecule has 0 aromatic rings. The van der Waals surface area contributed by atoms with Crippen molar-refractivity contribution in [2.24, 2.45) is 5.73 Å². The van der Waals surface area contributed by atoms with Crippen molar-refractivity contribution in [2.45, 2.75) is 63.1 Å². The second kappa shape index (κ2) is 3.75. The van der Waals surface area contributed by atoms with Gasteiger partial charge in [0.1, 0.15) is 0 Å². The molecule has 2 unspecified atom stereocenters. The van der Waals surface area contributed by atoms with Crippen LogP contribution in [0.1, 0.15) is 44.9 Å². The lowest BCUT2D eigenvalue weighted by Crippen LogP contribution is -2.33. The summed E-state index contributed by atoms with van der Waals surface area (Å²) >= 11 is 0. The maximum Gasteiger partial charge on any atom is 0.0237 e. The average Bonchev–Trinajstić information content (AvgIpc) is 2.78. The third-order valence-electron chi connectivity index (χ3n) is 3.14. The number of hydrogen-bond donors (Lipinski definition) is 2. The molecule has 2 aliphatic carbocycles. The van der Waals surface area contributed by atoms with Crippen LogP contribution in [0.5, 0.6) is 0 Å². The van der Waals surface area contributed by atoms with E-state index in [-0.39, 0.29) is 0 Å². The molecule has 2 atom stereocenters. The number of nitrogens with one attached hydrogen (secondary N) is 1. The van der Waals surface area contributed by atoms with E-state index in [1.165, 1.54) is 44.9 Å². The highest BCUT2D eigenvalue weighted by molar-refractivity contribution is 4.98. The van der Waals surface area contributed by atoms with Gasteiger partial charge in [-0.25, -0.2) is 0 Å². The molecule has 70 valence electrons. The third kappa shape index (κ3) is 2.20. The predicted octanol–water partition coefficient (Wildman–Crippen LogP) is 1.40. The van der Waals surface area contributed by atoms with Crippen LogP contribution in [0, 0.1) is 0 Å². The first-order valence-electron chi connectivity index (χ1n) is 5.38. The highest BCUT2D eigenvalue weighted by Gasteiger charge is 2.34. The zero-order chi connectivity index (χ0) is 8.39. The van der Waals surface area contributed by atoms with E-state index in [1.54, 1.807) is 0 Å². The molecule has 0 aromatic heterocycles. The molecular formula is C10H20N2. The lowest BCUT2D eigenvalue weighted by atomic mass is 10.1. The van der Waals surface area contributed by atoms with Crippen molar-refractivity contribution in [3.05, 3.63) is 0 Å². The highest BCUT2D eigenvalue weighted by atomic mass is 15.0. The van der Waals surface area contributed by atoms with Crippen LogP contribution >= 0.6 is 0 Å². The quantitative estimate of drug-likeness (QED) is 0.612. The monoisotopic (exact) mass is 168 g/mol. The van der Waals surface area contributed by atoms with Crippen molar-refractivity contribution >= 4 is 0 Å². The zero-order valence-electron chi connectivity index (χ0n) is 7.76. The van der Waals surface area contributed by atoms with Crippen molar-refractivity contribution in [3.63, 3.8) is 0 Å². The minimum Gasteiger partial charge on any atom is -0.326 e. The largest absolute Gasteiger partial charge is 0.326 e. The highest BCUT2D eigenvalue weighted by Crippen LogP contribution is 2.23. The second-order valence-corrected chi connectivity index (χ2v) is 4.36. The van der Waals surface area contributed by atoms with E-state index in [9.17, 15) is 0 Å². The van der Waals surface area contributed by atoms with E-state index >= 15 is 0 Å². The lowest BCUT2D eigenvalue weighted by molar-refractivity contribution is 0.453. The van der Waals surface area contributed by atoms with Gasteiger partial charge in [0, 0.05) is 18.1 Å². The Kier molecular flexibility index (Phi) is 2.66. The molecule has 2 aliphatic rings. The first-order chi connectivity index (χ1) is 5.86. The summed E-state index contributed by atoms with van der Waals surface area (Å²) in [5, 5.41) is 3.66. The van der Waals surface area contributed by atoms with Crippen LogP contribution in [0.15, 0.2) is 0 Å². The van der Waals surface area contributed by atoms with Crippen molar-refractivity contribution in [1.82, 2.24) is 5.32 Å². The Hall–Kier alpha value is -0.0800. The summed E-state index contributed by atoms with van der Waals surface area (Å²) in [6.07, 6.45) is 9.67. The van der Waals surface area contributed by atoms with Gasteiger partial charge in [0.25, 0.3) is 0 Å². The molecule has 2 saturated carbocycles. The van der Waals surface area contributed by atoms with Crippen LogP contribution in [0.2, 0.25) is 0 Å². The summed E-state index contributed by atoms with van der Waals surface area (Å²) in [7, 11) is 0. The Morgan fingerprint density at radius 2 is 1.58 bits per heavy atom. The Bertz CT molecular complexity index is 139. The third-order valence-corrected chi connectivity index (χ3v) is 3.14. The molecule has 0 aromatic carbocycles. The molecular weight excluding hydrogens is 148 g/mol. The van der Waals surface area contributed by atoms with Gasteiger partial charge in [-0.3, -0.25) is 0 Å². The maximum absolute atomic E-state index is 5.76. The molecule has 0 heterocycles. The van der Waals surface area contributed by atoms with Crippen LogP contribution in [0.25, 0.3) is 0 Å². The lowest BCUT2D eigenvalue weighted by Gasteiger charge is -2.15. The molecule has 0 spiro atoms. The zero-order valence-corrected chi connectivity index (χ0v) is 7.76. The molecule has 2 nitrogen and oxygen atoms in total. The van der Waals surface area contributed by atoms with E-state index in [2.05, 4.69) is 5.32 Å².